The predicted molar refractivity (Wildman–Crippen MR) is 66.5 cm³/mol. The molecule has 1 heterocycles. The first-order valence-corrected chi connectivity index (χ1v) is 5.86. The van der Waals surface area contributed by atoms with Crippen LogP contribution < -0.4 is 16.4 Å². The summed E-state index contributed by atoms with van der Waals surface area (Å²) in [5.74, 6) is 1.14. The molecule has 16 heavy (non-hydrogen) atoms. The minimum atomic E-state index is 0.496. The van der Waals surface area contributed by atoms with Crippen LogP contribution in [0.25, 0.3) is 0 Å². The molecule has 1 aliphatic rings. The maximum absolute atomic E-state index is 5.78. The number of hydrogen-bond donors (Lipinski definition) is 3. The minimum absolute atomic E-state index is 0.496. The molecule has 0 bridgehead atoms. The summed E-state index contributed by atoms with van der Waals surface area (Å²) in [6.07, 6.45) is 8.06. The third kappa shape index (κ3) is 2.53. The normalized spacial score (nSPS) is 17.1. The van der Waals surface area contributed by atoms with Crippen molar-refractivity contribution in [1.29, 1.82) is 0 Å². The van der Waals surface area contributed by atoms with Crippen molar-refractivity contribution in [2.75, 3.05) is 23.4 Å². The monoisotopic (exact) mass is 221 g/mol. The van der Waals surface area contributed by atoms with E-state index in [1.54, 1.807) is 6.20 Å². The largest absolute Gasteiger partial charge is 0.384 e. The number of nitrogens with two attached hydrogens (primary N) is 1. The SMILES string of the molecule is CNc1cnc(NC2CCCCC2)nc1N. The van der Waals surface area contributed by atoms with Crippen LogP contribution in [0.4, 0.5) is 17.5 Å². The molecule has 5 nitrogen and oxygen atoms in total. The van der Waals surface area contributed by atoms with Gasteiger partial charge in [0.05, 0.1) is 11.9 Å². The molecule has 5 heteroatoms. The molecule has 0 atom stereocenters. The van der Waals surface area contributed by atoms with E-state index in [0.717, 1.165) is 5.69 Å². The van der Waals surface area contributed by atoms with Crippen LogP contribution in [-0.4, -0.2) is 23.1 Å². The molecule has 0 aromatic carbocycles. The highest BCUT2D eigenvalue weighted by Crippen LogP contribution is 2.21. The van der Waals surface area contributed by atoms with Crippen molar-refractivity contribution in [3.05, 3.63) is 6.20 Å². The summed E-state index contributed by atoms with van der Waals surface area (Å²) in [5, 5.41) is 6.29. The van der Waals surface area contributed by atoms with Crippen LogP contribution in [0.2, 0.25) is 0 Å². The Hall–Kier alpha value is -1.52. The van der Waals surface area contributed by atoms with Gasteiger partial charge >= 0.3 is 0 Å². The molecule has 2 rings (SSSR count). The molecular weight excluding hydrogens is 202 g/mol. The van der Waals surface area contributed by atoms with E-state index in [-0.39, 0.29) is 0 Å². The Morgan fingerprint density at radius 2 is 2.06 bits per heavy atom. The zero-order chi connectivity index (χ0) is 11.4. The number of aromatic nitrogens is 2. The van der Waals surface area contributed by atoms with Crippen LogP contribution >= 0.6 is 0 Å². The Labute approximate surface area is 95.9 Å². The molecule has 1 fully saturated rings. The van der Waals surface area contributed by atoms with Crippen LogP contribution in [0.5, 0.6) is 0 Å². The molecule has 0 unspecified atom stereocenters. The number of anilines is 3. The molecule has 0 amide bonds. The van der Waals surface area contributed by atoms with Crippen molar-refractivity contribution in [3.63, 3.8) is 0 Å². The number of hydrogen-bond acceptors (Lipinski definition) is 5. The highest BCUT2D eigenvalue weighted by molar-refractivity contribution is 5.61. The minimum Gasteiger partial charge on any atom is -0.384 e. The van der Waals surface area contributed by atoms with E-state index in [9.17, 15) is 0 Å². The fourth-order valence-electron chi connectivity index (χ4n) is 2.09. The van der Waals surface area contributed by atoms with Crippen molar-refractivity contribution in [2.24, 2.45) is 0 Å². The van der Waals surface area contributed by atoms with Crippen molar-refractivity contribution in [1.82, 2.24) is 9.97 Å². The van der Waals surface area contributed by atoms with Gasteiger partial charge in [0.2, 0.25) is 5.95 Å². The second-order valence-corrected chi connectivity index (χ2v) is 4.22. The Morgan fingerprint density at radius 3 is 2.69 bits per heavy atom. The van der Waals surface area contributed by atoms with Gasteiger partial charge in [0.15, 0.2) is 5.82 Å². The van der Waals surface area contributed by atoms with Gasteiger partial charge in [0.25, 0.3) is 0 Å². The molecular formula is C11H19N5. The Bertz CT molecular complexity index is 346. The number of rotatable bonds is 3. The summed E-state index contributed by atoms with van der Waals surface area (Å²) < 4.78 is 0. The second kappa shape index (κ2) is 5.01. The Balaban J connectivity index is 2.01. The first-order valence-electron chi connectivity index (χ1n) is 5.86. The number of nitrogens with zero attached hydrogens (tertiary/aromatic N) is 2. The summed E-state index contributed by atoms with van der Waals surface area (Å²) >= 11 is 0. The molecule has 0 radical (unpaired) electrons. The average molecular weight is 221 g/mol. The fraction of sp³-hybridized carbons (Fsp3) is 0.636. The van der Waals surface area contributed by atoms with E-state index in [4.69, 9.17) is 5.73 Å². The molecule has 4 N–H and O–H groups in total. The topological polar surface area (TPSA) is 75.9 Å². The van der Waals surface area contributed by atoms with E-state index in [1.165, 1.54) is 32.1 Å². The standard InChI is InChI=1S/C11H19N5/c1-13-9-7-14-11(16-10(9)12)15-8-5-3-2-4-6-8/h7-8,13H,2-6H2,1H3,(H3,12,14,15,16). The molecule has 88 valence electrons. The molecule has 0 spiro atoms. The van der Waals surface area contributed by atoms with Gasteiger partial charge in [0, 0.05) is 13.1 Å². The Morgan fingerprint density at radius 1 is 1.31 bits per heavy atom. The van der Waals surface area contributed by atoms with Gasteiger partial charge in [-0.3, -0.25) is 0 Å². The van der Waals surface area contributed by atoms with Gasteiger partial charge < -0.3 is 16.4 Å². The quantitative estimate of drug-likeness (QED) is 0.726. The van der Waals surface area contributed by atoms with Gasteiger partial charge in [-0.25, -0.2) is 4.98 Å². The number of nitrogen functional groups attached to an aromatic ring is 1. The maximum atomic E-state index is 5.78. The van der Waals surface area contributed by atoms with Crippen molar-refractivity contribution < 1.29 is 0 Å². The first kappa shape index (κ1) is 11.0. The van der Waals surface area contributed by atoms with Crippen LogP contribution in [0.1, 0.15) is 32.1 Å². The predicted octanol–water partition coefficient (Wildman–Crippen LogP) is 1.85. The molecule has 0 saturated heterocycles. The fourth-order valence-corrected chi connectivity index (χ4v) is 2.09. The van der Waals surface area contributed by atoms with Gasteiger partial charge in [0.1, 0.15) is 0 Å². The van der Waals surface area contributed by atoms with Crippen molar-refractivity contribution >= 4 is 17.5 Å². The lowest BCUT2D eigenvalue weighted by Crippen LogP contribution is -2.23. The van der Waals surface area contributed by atoms with Crippen LogP contribution in [-0.2, 0) is 0 Å². The summed E-state index contributed by atoms with van der Waals surface area (Å²) in [6, 6.07) is 0.508. The summed E-state index contributed by atoms with van der Waals surface area (Å²) in [4.78, 5) is 8.47. The van der Waals surface area contributed by atoms with Crippen LogP contribution in [0.15, 0.2) is 6.20 Å². The van der Waals surface area contributed by atoms with Crippen molar-refractivity contribution in [3.8, 4) is 0 Å². The van der Waals surface area contributed by atoms with E-state index >= 15 is 0 Å². The van der Waals surface area contributed by atoms with Gasteiger partial charge in [-0.2, -0.15) is 4.98 Å². The van der Waals surface area contributed by atoms with E-state index < -0.39 is 0 Å². The van der Waals surface area contributed by atoms with E-state index in [1.807, 2.05) is 7.05 Å². The molecule has 1 aromatic rings. The first-order chi connectivity index (χ1) is 7.79. The number of nitrogens with one attached hydrogen (secondary N) is 2. The van der Waals surface area contributed by atoms with Crippen LogP contribution in [0.3, 0.4) is 0 Å². The van der Waals surface area contributed by atoms with Gasteiger partial charge in [-0.05, 0) is 12.8 Å². The highest BCUT2D eigenvalue weighted by Gasteiger charge is 2.14. The lowest BCUT2D eigenvalue weighted by atomic mass is 9.96. The molecule has 1 aliphatic carbocycles. The maximum Gasteiger partial charge on any atom is 0.224 e. The lowest BCUT2D eigenvalue weighted by molar-refractivity contribution is 0.461. The second-order valence-electron chi connectivity index (χ2n) is 4.22. The lowest BCUT2D eigenvalue weighted by Gasteiger charge is -2.22. The third-order valence-corrected chi connectivity index (χ3v) is 3.03. The molecule has 1 aromatic heterocycles. The smallest absolute Gasteiger partial charge is 0.224 e. The Kier molecular flexibility index (Phi) is 3.44. The van der Waals surface area contributed by atoms with Crippen LogP contribution in [0, 0.1) is 0 Å². The van der Waals surface area contributed by atoms with Gasteiger partial charge in [-0.15, -0.1) is 0 Å². The summed E-state index contributed by atoms with van der Waals surface area (Å²) in [6.45, 7) is 0. The third-order valence-electron chi connectivity index (χ3n) is 3.03. The molecule has 0 aliphatic heterocycles. The zero-order valence-electron chi connectivity index (χ0n) is 9.66. The zero-order valence-corrected chi connectivity index (χ0v) is 9.66. The average Bonchev–Trinajstić information content (AvgIpc) is 2.31. The van der Waals surface area contributed by atoms with Crippen molar-refractivity contribution in [2.45, 2.75) is 38.1 Å². The molecule has 1 saturated carbocycles. The summed E-state index contributed by atoms with van der Waals surface area (Å²) in [5.41, 5.74) is 6.56. The summed E-state index contributed by atoms with van der Waals surface area (Å²) in [7, 11) is 1.81. The highest BCUT2D eigenvalue weighted by atomic mass is 15.1. The van der Waals surface area contributed by atoms with Gasteiger partial charge in [-0.1, -0.05) is 19.3 Å². The van der Waals surface area contributed by atoms with E-state index in [2.05, 4.69) is 20.6 Å². The van der Waals surface area contributed by atoms with E-state index in [0.29, 0.717) is 17.8 Å².